The minimum Gasteiger partial charge on any atom is -0.342 e. The summed E-state index contributed by atoms with van der Waals surface area (Å²) in [7, 11) is 0. The number of nitrogens with zero attached hydrogens (tertiary/aromatic N) is 4. The number of hydrogen-bond donors (Lipinski definition) is 0. The summed E-state index contributed by atoms with van der Waals surface area (Å²) in [4.78, 5) is 27.4. The molecule has 0 radical (unpaired) electrons. The van der Waals surface area contributed by atoms with Crippen LogP contribution in [0.15, 0.2) is 36.5 Å². The molecule has 1 atom stereocenters. The van der Waals surface area contributed by atoms with Crippen molar-refractivity contribution in [2.75, 3.05) is 26.2 Å². The third kappa shape index (κ3) is 3.55. The summed E-state index contributed by atoms with van der Waals surface area (Å²) >= 11 is 0. The number of hydrogen-bond acceptors (Lipinski definition) is 4. The molecule has 1 aromatic heterocycles. The van der Waals surface area contributed by atoms with E-state index in [0.717, 1.165) is 63.1 Å². The van der Waals surface area contributed by atoms with Crippen LogP contribution in [-0.4, -0.2) is 57.9 Å². The van der Waals surface area contributed by atoms with Crippen molar-refractivity contribution in [1.29, 1.82) is 0 Å². The fourth-order valence-corrected chi connectivity index (χ4v) is 6.51. The Balaban J connectivity index is 1.17. The van der Waals surface area contributed by atoms with Crippen LogP contribution < -0.4 is 0 Å². The van der Waals surface area contributed by atoms with Gasteiger partial charge in [0, 0.05) is 48.8 Å². The number of fused-ring (bicyclic) bond motifs is 2. The largest absolute Gasteiger partial charge is 0.342 e. The Bertz CT molecular complexity index is 976. The third-order valence-corrected chi connectivity index (χ3v) is 8.63. The van der Waals surface area contributed by atoms with Crippen LogP contribution in [0.2, 0.25) is 0 Å². The maximum atomic E-state index is 12.7. The van der Waals surface area contributed by atoms with Gasteiger partial charge in [0.05, 0.1) is 5.69 Å². The minimum absolute atomic E-state index is 0.180. The van der Waals surface area contributed by atoms with Crippen molar-refractivity contribution in [2.24, 2.45) is 5.92 Å². The molecule has 1 aromatic carbocycles. The summed E-state index contributed by atoms with van der Waals surface area (Å²) in [6.45, 7) is 4.20. The number of aromatic nitrogens is 2. The Morgan fingerprint density at radius 1 is 0.969 bits per heavy atom. The number of likely N-dealkylation sites (tertiary alicyclic amines) is 2. The van der Waals surface area contributed by atoms with Crippen LogP contribution >= 0.6 is 0 Å². The van der Waals surface area contributed by atoms with Gasteiger partial charge in [-0.25, -0.2) is 9.97 Å². The van der Waals surface area contributed by atoms with Crippen molar-refractivity contribution in [3.05, 3.63) is 47.8 Å². The van der Waals surface area contributed by atoms with E-state index in [9.17, 15) is 4.79 Å². The normalized spacial score (nSPS) is 26.8. The Hall–Kier alpha value is -2.27. The van der Waals surface area contributed by atoms with Crippen LogP contribution in [0.25, 0.3) is 11.4 Å². The van der Waals surface area contributed by atoms with Crippen LogP contribution in [-0.2, 0) is 16.6 Å². The zero-order chi connectivity index (χ0) is 21.5. The average molecular weight is 431 g/mol. The zero-order valence-corrected chi connectivity index (χ0v) is 19.0. The fraction of sp³-hybridized carbons (Fsp3) is 0.593. The molecule has 0 bridgehead atoms. The van der Waals surface area contributed by atoms with E-state index in [0.29, 0.717) is 17.9 Å². The van der Waals surface area contributed by atoms with Crippen LogP contribution in [0, 0.1) is 5.92 Å². The first-order valence-electron chi connectivity index (χ1n) is 12.7. The molecular formula is C27H34N4O. The molecule has 2 aromatic rings. The van der Waals surface area contributed by atoms with Gasteiger partial charge in [0.15, 0.2) is 5.82 Å². The van der Waals surface area contributed by atoms with Gasteiger partial charge in [-0.2, -0.15) is 0 Å². The van der Waals surface area contributed by atoms with E-state index in [-0.39, 0.29) is 5.41 Å². The highest BCUT2D eigenvalue weighted by Gasteiger charge is 2.45. The van der Waals surface area contributed by atoms with Crippen LogP contribution in [0.1, 0.15) is 62.6 Å². The molecule has 1 unspecified atom stereocenters. The highest BCUT2D eigenvalue weighted by molar-refractivity contribution is 5.79. The number of piperidine rings is 2. The van der Waals surface area contributed by atoms with Crippen molar-refractivity contribution < 1.29 is 4.79 Å². The molecular weight excluding hydrogens is 396 g/mol. The minimum atomic E-state index is 0.180. The fourth-order valence-electron chi connectivity index (χ4n) is 6.51. The molecule has 32 heavy (non-hydrogen) atoms. The number of benzene rings is 1. The highest BCUT2D eigenvalue weighted by Crippen LogP contribution is 2.45. The molecule has 2 saturated heterocycles. The smallest absolute Gasteiger partial charge is 0.225 e. The van der Waals surface area contributed by atoms with Gasteiger partial charge in [-0.3, -0.25) is 9.69 Å². The summed E-state index contributed by atoms with van der Waals surface area (Å²) in [5.41, 5.74) is 3.95. The predicted octanol–water partition coefficient (Wildman–Crippen LogP) is 4.21. The second-order valence-corrected chi connectivity index (χ2v) is 10.5. The zero-order valence-electron chi connectivity index (χ0n) is 19.0. The maximum Gasteiger partial charge on any atom is 0.225 e. The Labute approximate surface area is 191 Å². The monoisotopic (exact) mass is 430 g/mol. The molecule has 1 spiro atoms. The van der Waals surface area contributed by atoms with Gasteiger partial charge in [0.25, 0.3) is 0 Å². The molecule has 168 valence electrons. The van der Waals surface area contributed by atoms with Gasteiger partial charge in [-0.1, -0.05) is 36.8 Å². The van der Waals surface area contributed by atoms with Gasteiger partial charge in [-0.15, -0.1) is 0 Å². The van der Waals surface area contributed by atoms with Crippen molar-refractivity contribution >= 4 is 5.91 Å². The second kappa shape index (κ2) is 8.26. The second-order valence-electron chi connectivity index (χ2n) is 10.5. The molecule has 2 aliphatic carbocycles. The SMILES string of the molecule is O=C(C1CCC1)N1CCC(N2CCCC3(CCc4cnc(-c5ccccc5)nc43)C2)CC1. The molecule has 4 aliphatic rings. The van der Waals surface area contributed by atoms with E-state index in [1.54, 1.807) is 0 Å². The van der Waals surface area contributed by atoms with E-state index in [4.69, 9.17) is 9.97 Å². The van der Waals surface area contributed by atoms with Gasteiger partial charge < -0.3 is 4.90 Å². The van der Waals surface area contributed by atoms with Crippen LogP contribution in [0.3, 0.4) is 0 Å². The van der Waals surface area contributed by atoms with E-state index >= 15 is 0 Å². The lowest BCUT2D eigenvalue weighted by atomic mass is 9.76. The van der Waals surface area contributed by atoms with Crippen LogP contribution in [0.4, 0.5) is 0 Å². The summed E-state index contributed by atoms with van der Waals surface area (Å²) in [6.07, 6.45) is 12.6. The molecule has 1 saturated carbocycles. The lowest BCUT2D eigenvalue weighted by Gasteiger charge is -2.46. The van der Waals surface area contributed by atoms with Crippen LogP contribution in [0.5, 0.6) is 0 Å². The first kappa shape index (κ1) is 20.3. The lowest BCUT2D eigenvalue weighted by molar-refractivity contribution is -0.139. The number of aryl methyl sites for hydroxylation is 1. The molecule has 3 heterocycles. The van der Waals surface area contributed by atoms with Crippen molar-refractivity contribution in [3.8, 4) is 11.4 Å². The maximum absolute atomic E-state index is 12.7. The average Bonchev–Trinajstić information content (AvgIpc) is 3.15. The molecule has 5 heteroatoms. The molecule has 3 fully saturated rings. The molecule has 6 rings (SSSR count). The molecule has 2 aliphatic heterocycles. The first-order valence-corrected chi connectivity index (χ1v) is 12.7. The van der Waals surface area contributed by atoms with Gasteiger partial charge in [0.1, 0.15) is 0 Å². The summed E-state index contributed by atoms with van der Waals surface area (Å²) in [5.74, 6) is 1.63. The third-order valence-electron chi connectivity index (χ3n) is 8.63. The summed E-state index contributed by atoms with van der Waals surface area (Å²) in [5, 5.41) is 0. The quantitative estimate of drug-likeness (QED) is 0.732. The van der Waals surface area contributed by atoms with E-state index < -0.39 is 0 Å². The topological polar surface area (TPSA) is 49.3 Å². The lowest BCUT2D eigenvalue weighted by Crippen LogP contribution is -2.54. The Morgan fingerprint density at radius 2 is 1.78 bits per heavy atom. The standard InChI is InChI=1S/C27H34N4O/c32-26(21-8-4-9-21)30-16-11-23(12-17-30)31-15-5-13-27(19-31)14-10-22-18-28-25(29-24(22)27)20-6-2-1-3-7-20/h1-3,6-7,18,21,23H,4-5,8-17,19H2. The van der Waals surface area contributed by atoms with E-state index in [1.807, 2.05) is 6.07 Å². The summed E-state index contributed by atoms with van der Waals surface area (Å²) in [6, 6.07) is 11.0. The van der Waals surface area contributed by atoms with Gasteiger partial charge in [0.2, 0.25) is 5.91 Å². The molecule has 5 nitrogen and oxygen atoms in total. The van der Waals surface area contributed by atoms with Crippen molar-refractivity contribution in [2.45, 2.75) is 69.2 Å². The van der Waals surface area contributed by atoms with Crippen molar-refractivity contribution in [3.63, 3.8) is 0 Å². The van der Waals surface area contributed by atoms with E-state index in [1.165, 1.54) is 43.5 Å². The highest BCUT2D eigenvalue weighted by atomic mass is 16.2. The predicted molar refractivity (Wildman–Crippen MR) is 125 cm³/mol. The molecule has 0 N–H and O–H groups in total. The van der Waals surface area contributed by atoms with Gasteiger partial charge >= 0.3 is 0 Å². The van der Waals surface area contributed by atoms with E-state index in [2.05, 4.69) is 40.3 Å². The number of carbonyl (C=O) groups is 1. The van der Waals surface area contributed by atoms with Gasteiger partial charge in [-0.05, 0) is 63.5 Å². The number of carbonyl (C=O) groups excluding carboxylic acids is 1. The number of rotatable bonds is 3. The first-order chi connectivity index (χ1) is 15.7. The molecule has 1 amide bonds. The Kier molecular flexibility index (Phi) is 5.25. The van der Waals surface area contributed by atoms with Crippen molar-refractivity contribution in [1.82, 2.24) is 19.8 Å². The number of amides is 1. The Morgan fingerprint density at radius 3 is 2.53 bits per heavy atom. The summed E-state index contributed by atoms with van der Waals surface area (Å²) < 4.78 is 0.